The minimum absolute atomic E-state index is 0.0319. The SMILES string of the molecule is Cc1cnn(CCc2nccnc2C)c(=O)c1CC(=O)NCc1cc(Cl)ccc1CN. The van der Waals surface area contributed by atoms with Crippen LogP contribution in [-0.4, -0.2) is 25.7 Å². The van der Waals surface area contributed by atoms with Crippen LogP contribution in [0.5, 0.6) is 0 Å². The van der Waals surface area contributed by atoms with Crippen LogP contribution in [-0.2, 0) is 37.3 Å². The second-order valence-electron chi connectivity index (χ2n) is 7.24. The lowest BCUT2D eigenvalue weighted by atomic mass is 10.1. The summed E-state index contributed by atoms with van der Waals surface area (Å²) in [5.41, 5.74) is 9.97. The normalized spacial score (nSPS) is 10.8. The predicted octanol–water partition coefficient (Wildman–Crippen LogP) is 1.86. The topological polar surface area (TPSA) is 116 Å². The van der Waals surface area contributed by atoms with E-state index in [1.54, 1.807) is 37.6 Å². The third-order valence-electron chi connectivity index (χ3n) is 5.10. The molecule has 0 radical (unpaired) electrons. The Hall–Kier alpha value is -3.10. The van der Waals surface area contributed by atoms with Crippen LogP contribution >= 0.6 is 11.6 Å². The van der Waals surface area contributed by atoms with Crippen molar-refractivity contribution in [3.8, 4) is 0 Å². The van der Waals surface area contributed by atoms with Gasteiger partial charge in [-0.2, -0.15) is 5.10 Å². The highest BCUT2D eigenvalue weighted by atomic mass is 35.5. The number of hydrogen-bond acceptors (Lipinski definition) is 6. The summed E-state index contributed by atoms with van der Waals surface area (Å²) in [4.78, 5) is 34.0. The average molecular weight is 441 g/mol. The zero-order valence-electron chi connectivity index (χ0n) is 17.6. The van der Waals surface area contributed by atoms with Crippen LogP contribution < -0.4 is 16.6 Å². The Balaban J connectivity index is 1.69. The highest BCUT2D eigenvalue weighted by Gasteiger charge is 2.14. The third-order valence-corrected chi connectivity index (χ3v) is 5.34. The zero-order valence-corrected chi connectivity index (χ0v) is 18.3. The van der Waals surface area contributed by atoms with Gasteiger partial charge in [-0.1, -0.05) is 17.7 Å². The van der Waals surface area contributed by atoms with E-state index in [0.29, 0.717) is 35.7 Å². The van der Waals surface area contributed by atoms with Crippen molar-refractivity contribution in [2.75, 3.05) is 0 Å². The van der Waals surface area contributed by atoms with Crippen molar-refractivity contribution < 1.29 is 4.79 Å². The van der Waals surface area contributed by atoms with Crippen LogP contribution in [0.15, 0.2) is 41.6 Å². The fraction of sp³-hybridized carbons (Fsp3) is 0.318. The number of nitrogens with two attached hydrogens (primary N) is 1. The second kappa shape index (κ2) is 10.3. The standard InChI is InChI=1S/C22H25ClN6O2/c1-14-12-28-29(8-5-20-15(2)25-6-7-26-20)22(31)19(14)10-21(30)27-13-17-9-18(23)4-3-16(17)11-24/h3-4,6-7,9,12H,5,8,10-11,13,24H2,1-2H3,(H,27,30). The van der Waals surface area contributed by atoms with Crippen LogP contribution in [0.1, 0.15) is 33.6 Å². The molecule has 0 saturated carbocycles. The molecule has 3 N–H and O–H groups in total. The van der Waals surface area contributed by atoms with Crippen molar-refractivity contribution in [3.63, 3.8) is 0 Å². The minimum Gasteiger partial charge on any atom is -0.352 e. The van der Waals surface area contributed by atoms with Gasteiger partial charge in [0.15, 0.2) is 0 Å². The molecule has 0 aliphatic rings. The first-order valence-electron chi connectivity index (χ1n) is 9.95. The van der Waals surface area contributed by atoms with Gasteiger partial charge in [0.1, 0.15) is 0 Å². The first-order chi connectivity index (χ1) is 14.9. The molecule has 9 heteroatoms. The van der Waals surface area contributed by atoms with E-state index < -0.39 is 0 Å². The average Bonchev–Trinajstić information content (AvgIpc) is 2.76. The number of aryl methyl sites for hydroxylation is 4. The highest BCUT2D eigenvalue weighted by molar-refractivity contribution is 6.30. The van der Waals surface area contributed by atoms with Gasteiger partial charge in [-0.25, -0.2) is 4.68 Å². The summed E-state index contributed by atoms with van der Waals surface area (Å²) in [6, 6.07) is 5.39. The minimum atomic E-state index is -0.276. The van der Waals surface area contributed by atoms with Gasteiger partial charge in [0.05, 0.1) is 30.6 Å². The largest absolute Gasteiger partial charge is 0.352 e. The summed E-state index contributed by atoms with van der Waals surface area (Å²) in [5.74, 6) is -0.259. The van der Waals surface area contributed by atoms with E-state index in [4.69, 9.17) is 17.3 Å². The molecule has 3 rings (SSSR count). The Kier molecular flexibility index (Phi) is 7.49. The van der Waals surface area contributed by atoms with Crippen molar-refractivity contribution in [2.24, 2.45) is 5.73 Å². The zero-order chi connectivity index (χ0) is 22.4. The quantitative estimate of drug-likeness (QED) is 0.552. The van der Waals surface area contributed by atoms with Gasteiger partial charge in [0, 0.05) is 42.5 Å². The number of aromatic nitrogens is 4. The van der Waals surface area contributed by atoms with Crippen molar-refractivity contribution in [1.82, 2.24) is 25.1 Å². The molecule has 1 amide bonds. The number of nitrogens with zero attached hydrogens (tertiary/aromatic N) is 4. The molecule has 0 spiro atoms. The molecule has 8 nitrogen and oxygen atoms in total. The lowest BCUT2D eigenvalue weighted by molar-refractivity contribution is -0.120. The molecular weight excluding hydrogens is 416 g/mol. The Morgan fingerprint density at radius 1 is 1.19 bits per heavy atom. The fourth-order valence-corrected chi connectivity index (χ4v) is 3.45. The van der Waals surface area contributed by atoms with Crippen LogP contribution in [0.2, 0.25) is 5.02 Å². The van der Waals surface area contributed by atoms with Gasteiger partial charge in [-0.15, -0.1) is 0 Å². The molecule has 2 heterocycles. The summed E-state index contributed by atoms with van der Waals surface area (Å²) in [6.45, 7) is 4.64. The molecule has 31 heavy (non-hydrogen) atoms. The van der Waals surface area contributed by atoms with Crippen molar-refractivity contribution in [1.29, 1.82) is 0 Å². The van der Waals surface area contributed by atoms with E-state index >= 15 is 0 Å². The molecule has 0 fully saturated rings. The molecule has 3 aromatic rings. The van der Waals surface area contributed by atoms with Crippen molar-refractivity contribution in [2.45, 2.75) is 46.3 Å². The van der Waals surface area contributed by atoms with Gasteiger partial charge >= 0.3 is 0 Å². The molecule has 0 aliphatic carbocycles. The number of halogens is 1. The summed E-state index contributed by atoms with van der Waals surface area (Å²) < 4.78 is 1.37. The van der Waals surface area contributed by atoms with Crippen molar-refractivity contribution in [3.05, 3.63) is 85.8 Å². The number of carbonyl (C=O) groups is 1. The van der Waals surface area contributed by atoms with Crippen LogP contribution in [0, 0.1) is 13.8 Å². The smallest absolute Gasteiger partial charge is 0.270 e. The van der Waals surface area contributed by atoms with E-state index in [2.05, 4.69) is 20.4 Å². The van der Waals surface area contributed by atoms with E-state index in [9.17, 15) is 9.59 Å². The molecular formula is C22H25ClN6O2. The molecule has 0 saturated heterocycles. The maximum atomic E-state index is 12.9. The van der Waals surface area contributed by atoms with Crippen LogP contribution in [0.3, 0.4) is 0 Å². The fourth-order valence-electron chi connectivity index (χ4n) is 3.25. The van der Waals surface area contributed by atoms with Crippen molar-refractivity contribution >= 4 is 17.5 Å². The molecule has 0 bridgehead atoms. The van der Waals surface area contributed by atoms with E-state index in [1.807, 2.05) is 13.0 Å². The van der Waals surface area contributed by atoms with Gasteiger partial charge < -0.3 is 11.1 Å². The summed E-state index contributed by atoms with van der Waals surface area (Å²) in [7, 11) is 0. The molecule has 0 aliphatic heterocycles. The molecule has 0 atom stereocenters. The maximum absolute atomic E-state index is 12.9. The first-order valence-corrected chi connectivity index (χ1v) is 10.3. The van der Waals surface area contributed by atoms with E-state index in [0.717, 1.165) is 22.5 Å². The monoisotopic (exact) mass is 440 g/mol. The lowest BCUT2D eigenvalue weighted by Gasteiger charge is -2.12. The Bertz CT molecular complexity index is 1150. The van der Waals surface area contributed by atoms with Crippen LogP contribution in [0.25, 0.3) is 0 Å². The van der Waals surface area contributed by atoms with Gasteiger partial charge in [0.2, 0.25) is 5.91 Å². The molecule has 162 valence electrons. The number of benzene rings is 1. The van der Waals surface area contributed by atoms with Crippen LogP contribution in [0.4, 0.5) is 0 Å². The first kappa shape index (κ1) is 22.6. The number of carbonyl (C=O) groups excluding carboxylic acids is 1. The molecule has 1 aromatic carbocycles. The Morgan fingerprint density at radius 2 is 1.97 bits per heavy atom. The predicted molar refractivity (Wildman–Crippen MR) is 119 cm³/mol. The maximum Gasteiger partial charge on any atom is 0.270 e. The number of amides is 1. The lowest BCUT2D eigenvalue weighted by Crippen LogP contribution is -2.32. The molecule has 0 unspecified atom stereocenters. The highest BCUT2D eigenvalue weighted by Crippen LogP contribution is 2.16. The third kappa shape index (κ3) is 5.74. The number of hydrogen-bond donors (Lipinski definition) is 2. The summed E-state index contributed by atoms with van der Waals surface area (Å²) in [6.07, 6.45) is 5.36. The number of nitrogens with one attached hydrogen (secondary N) is 1. The van der Waals surface area contributed by atoms with Gasteiger partial charge in [-0.3, -0.25) is 19.6 Å². The Morgan fingerprint density at radius 3 is 2.71 bits per heavy atom. The van der Waals surface area contributed by atoms with Gasteiger partial charge in [-0.05, 0) is 42.7 Å². The summed E-state index contributed by atoms with van der Waals surface area (Å²) in [5, 5.41) is 7.64. The number of rotatable bonds is 8. The van der Waals surface area contributed by atoms with E-state index in [-0.39, 0.29) is 24.4 Å². The molecule has 2 aromatic heterocycles. The van der Waals surface area contributed by atoms with E-state index in [1.165, 1.54) is 4.68 Å². The Labute approximate surface area is 185 Å². The van der Waals surface area contributed by atoms with Gasteiger partial charge in [0.25, 0.3) is 5.56 Å². The second-order valence-corrected chi connectivity index (χ2v) is 7.68. The summed E-state index contributed by atoms with van der Waals surface area (Å²) >= 11 is 6.05.